The lowest BCUT2D eigenvalue weighted by Gasteiger charge is -2.36. The van der Waals surface area contributed by atoms with Gasteiger partial charge in [0.25, 0.3) is 0 Å². The van der Waals surface area contributed by atoms with Gasteiger partial charge in [0.1, 0.15) is 22.6 Å². The van der Waals surface area contributed by atoms with Crippen molar-refractivity contribution in [1.82, 2.24) is 0 Å². The van der Waals surface area contributed by atoms with Crippen molar-refractivity contribution < 1.29 is 14.2 Å². The summed E-state index contributed by atoms with van der Waals surface area (Å²) in [5.74, 6) is 2.47. The second-order valence-corrected chi connectivity index (χ2v) is 6.71. The summed E-state index contributed by atoms with van der Waals surface area (Å²) in [6.07, 6.45) is 4.34. The van der Waals surface area contributed by atoms with Gasteiger partial charge in [0.2, 0.25) is 0 Å². The van der Waals surface area contributed by atoms with E-state index in [1.54, 1.807) is 33.1 Å². The average Bonchev–Trinajstić information content (AvgIpc) is 2.67. The van der Waals surface area contributed by atoms with Crippen LogP contribution in [0.2, 0.25) is 0 Å². The smallest absolute Gasteiger partial charge is 0.131 e. The summed E-state index contributed by atoms with van der Waals surface area (Å²) in [6, 6.07) is 12.2. The van der Waals surface area contributed by atoms with Crippen molar-refractivity contribution in [3.05, 3.63) is 47.5 Å². The molecule has 1 unspecified atom stereocenters. The van der Waals surface area contributed by atoms with Crippen LogP contribution in [0, 0.1) is 0 Å². The fourth-order valence-electron chi connectivity index (χ4n) is 3.17. The van der Waals surface area contributed by atoms with E-state index in [9.17, 15) is 0 Å². The Morgan fingerprint density at radius 1 is 0.920 bits per heavy atom. The molecule has 0 amide bonds. The average molecular weight is 357 g/mol. The van der Waals surface area contributed by atoms with E-state index in [0.717, 1.165) is 28.5 Å². The Labute approximate surface area is 153 Å². The van der Waals surface area contributed by atoms with Gasteiger partial charge in [-0.2, -0.15) is 0 Å². The maximum absolute atomic E-state index is 5.61. The fraction of sp³-hybridized carbons (Fsp3) is 0.300. The van der Waals surface area contributed by atoms with Crippen molar-refractivity contribution in [3.8, 4) is 17.2 Å². The molecule has 3 rings (SSSR count). The minimum absolute atomic E-state index is 0.206. The SMILES string of the molecule is COc1ccc(C2=Cc3c(OC)cc(OC)cc3N(C)C2SC)cc1. The van der Waals surface area contributed by atoms with Gasteiger partial charge in [-0.25, -0.2) is 0 Å². The zero-order valence-electron chi connectivity index (χ0n) is 15.2. The maximum Gasteiger partial charge on any atom is 0.131 e. The fourth-order valence-corrected chi connectivity index (χ4v) is 4.06. The van der Waals surface area contributed by atoms with Crippen molar-refractivity contribution in [2.24, 2.45) is 0 Å². The van der Waals surface area contributed by atoms with Crippen LogP contribution in [0.5, 0.6) is 17.2 Å². The highest BCUT2D eigenvalue weighted by atomic mass is 32.2. The Balaban J connectivity index is 2.16. The second-order valence-electron chi connectivity index (χ2n) is 5.79. The third-order valence-electron chi connectivity index (χ3n) is 4.49. The van der Waals surface area contributed by atoms with E-state index in [1.807, 2.05) is 18.2 Å². The number of ether oxygens (including phenoxy) is 3. The Hall–Kier alpha value is -2.27. The van der Waals surface area contributed by atoms with E-state index < -0.39 is 0 Å². The molecule has 0 fully saturated rings. The van der Waals surface area contributed by atoms with Crippen molar-refractivity contribution >= 4 is 29.1 Å². The molecule has 1 heterocycles. The van der Waals surface area contributed by atoms with Crippen LogP contribution < -0.4 is 19.1 Å². The number of anilines is 1. The van der Waals surface area contributed by atoms with Crippen LogP contribution in [0.4, 0.5) is 5.69 Å². The molecule has 1 aliphatic rings. The second kappa shape index (κ2) is 7.31. The molecule has 0 aromatic heterocycles. The number of fused-ring (bicyclic) bond motifs is 1. The van der Waals surface area contributed by atoms with Crippen LogP contribution >= 0.6 is 11.8 Å². The molecule has 5 heteroatoms. The predicted octanol–water partition coefficient (Wildman–Crippen LogP) is 4.39. The standard InChI is InChI=1S/C20H23NO3S/c1-21-18-10-15(23-3)11-19(24-4)17(18)12-16(20(21)25-5)13-6-8-14(22-2)9-7-13/h6-12,20H,1-5H3. The molecule has 2 aromatic rings. The molecular formula is C20H23NO3S. The van der Waals surface area contributed by atoms with E-state index in [-0.39, 0.29) is 5.37 Å². The zero-order chi connectivity index (χ0) is 18.0. The van der Waals surface area contributed by atoms with Gasteiger partial charge in [-0.05, 0) is 35.6 Å². The molecule has 0 bridgehead atoms. The molecule has 0 spiro atoms. The number of hydrogen-bond acceptors (Lipinski definition) is 5. The van der Waals surface area contributed by atoms with Crippen molar-refractivity contribution in [3.63, 3.8) is 0 Å². The Bertz CT molecular complexity index is 786. The van der Waals surface area contributed by atoms with Gasteiger partial charge in [0.15, 0.2) is 0 Å². The van der Waals surface area contributed by atoms with Crippen molar-refractivity contribution in [2.45, 2.75) is 5.37 Å². The summed E-state index contributed by atoms with van der Waals surface area (Å²) < 4.78 is 16.3. The van der Waals surface area contributed by atoms with Crippen LogP contribution in [0.15, 0.2) is 36.4 Å². The molecule has 2 aromatic carbocycles. The minimum atomic E-state index is 0.206. The van der Waals surface area contributed by atoms with E-state index in [4.69, 9.17) is 14.2 Å². The molecule has 1 aliphatic heterocycles. The molecule has 0 N–H and O–H groups in total. The van der Waals surface area contributed by atoms with Crippen LogP contribution in [-0.2, 0) is 0 Å². The lowest BCUT2D eigenvalue weighted by molar-refractivity contribution is 0.393. The van der Waals surface area contributed by atoms with Crippen LogP contribution in [0.25, 0.3) is 11.6 Å². The van der Waals surface area contributed by atoms with E-state index in [0.29, 0.717) is 0 Å². The summed E-state index contributed by atoms with van der Waals surface area (Å²) in [5, 5.41) is 0.206. The van der Waals surface area contributed by atoms with Crippen molar-refractivity contribution in [2.75, 3.05) is 39.5 Å². The minimum Gasteiger partial charge on any atom is -0.497 e. The van der Waals surface area contributed by atoms with Crippen LogP contribution in [-0.4, -0.2) is 40.0 Å². The van der Waals surface area contributed by atoms with Gasteiger partial charge < -0.3 is 19.1 Å². The van der Waals surface area contributed by atoms with Crippen LogP contribution in [0.3, 0.4) is 0 Å². The highest BCUT2D eigenvalue weighted by Gasteiger charge is 2.28. The molecule has 0 saturated heterocycles. The van der Waals surface area contributed by atoms with E-state index in [1.165, 1.54) is 11.1 Å². The number of rotatable bonds is 5. The molecule has 1 atom stereocenters. The largest absolute Gasteiger partial charge is 0.497 e. The van der Waals surface area contributed by atoms with Crippen molar-refractivity contribution in [1.29, 1.82) is 0 Å². The number of methoxy groups -OCH3 is 3. The first-order chi connectivity index (χ1) is 12.1. The van der Waals surface area contributed by atoms with E-state index in [2.05, 4.69) is 42.5 Å². The lowest BCUT2D eigenvalue weighted by Crippen LogP contribution is -2.32. The molecule has 0 radical (unpaired) electrons. The number of likely N-dealkylation sites (N-methyl/N-ethyl adjacent to an activating group) is 1. The summed E-state index contributed by atoms with van der Waals surface area (Å²) >= 11 is 1.80. The molecule has 25 heavy (non-hydrogen) atoms. The first-order valence-electron chi connectivity index (χ1n) is 8.00. The maximum atomic E-state index is 5.61. The molecule has 0 aliphatic carbocycles. The first-order valence-corrected chi connectivity index (χ1v) is 9.29. The highest BCUT2D eigenvalue weighted by Crippen LogP contribution is 2.45. The third-order valence-corrected chi connectivity index (χ3v) is 5.51. The number of benzene rings is 2. The quantitative estimate of drug-likeness (QED) is 0.792. The Morgan fingerprint density at radius 3 is 2.16 bits per heavy atom. The number of nitrogens with zero attached hydrogens (tertiary/aromatic N) is 1. The van der Waals surface area contributed by atoms with Gasteiger partial charge in [0, 0.05) is 24.7 Å². The molecule has 0 saturated carbocycles. The summed E-state index contributed by atoms with van der Waals surface area (Å²) in [7, 11) is 7.16. The Morgan fingerprint density at radius 2 is 1.60 bits per heavy atom. The normalized spacial score (nSPS) is 16.1. The number of hydrogen-bond donors (Lipinski definition) is 0. The highest BCUT2D eigenvalue weighted by molar-refractivity contribution is 7.99. The topological polar surface area (TPSA) is 30.9 Å². The monoisotopic (exact) mass is 357 g/mol. The Kier molecular flexibility index (Phi) is 5.13. The molecular weight excluding hydrogens is 334 g/mol. The third kappa shape index (κ3) is 3.16. The zero-order valence-corrected chi connectivity index (χ0v) is 16.0. The van der Waals surface area contributed by atoms with Gasteiger partial charge in [-0.1, -0.05) is 12.1 Å². The lowest BCUT2D eigenvalue weighted by atomic mass is 9.96. The van der Waals surface area contributed by atoms with Gasteiger partial charge >= 0.3 is 0 Å². The van der Waals surface area contributed by atoms with Gasteiger partial charge in [-0.3, -0.25) is 0 Å². The summed E-state index contributed by atoms with van der Waals surface area (Å²) in [5.41, 5.74) is 4.60. The summed E-state index contributed by atoms with van der Waals surface area (Å²) in [6.45, 7) is 0. The van der Waals surface area contributed by atoms with Gasteiger partial charge in [-0.15, -0.1) is 11.8 Å². The predicted molar refractivity (Wildman–Crippen MR) is 106 cm³/mol. The van der Waals surface area contributed by atoms with Gasteiger partial charge in [0.05, 0.1) is 27.0 Å². The number of thioether (sulfide) groups is 1. The first kappa shape index (κ1) is 17.5. The molecule has 132 valence electrons. The molecule has 4 nitrogen and oxygen atoms in total. The summed E-state index contributed by atoms with van der Waals surface area (Å²) in [4.78, 5) is 2.27. The van der Waals surface area contributed by atoms with Crippen LogP contribution in [0.1, 0.15) is 11.1 Å². The van der Waals surface area contributed by atoms with E-state index >= 15 is 0 Å².